The van der Waals surface area contributed by atoms with Gasteiger partial charge in [0, 0.05) is 25.9 Å². The van der Waals surface area contributed by atoms with E-state index in [1.165, 1.54) is 6.92 Å². The summed E-state index contributed by atoms with van der Waals surface area (Å²) in [4.78, 5) is 41.9. The van der Waals surface area contributed by atoms with Gasteiger partial charge in [-0.2, -0.15) is 0 Å². The third-order valence-electron chi connectivity index (χ3n) is 1.92. The molecule has 9 nitrogen and oxygen atoms in total. The van der Waals surface area contributed by atoms with Crippen molar-refractivity contribution in [1.82, 2.24) is 0 Å². The van der Waals surface area contributed by atoms with E-state index in [1.807, 2.05) is 0 Å². The average molecular weight is 316 g/mol. The van der Waals surface area contributed by atoms with E-state index in [-0.39, 0.29) is 13.0 Å². The average Bonchev–Trinajstić information content (AvgIpc) is 2.20. The summed E-state index contributed by atoms with van der Waals surface area (Å²) in [7, 11) is -9.02. The van der Waals surface area contributed by atoms with Gasteiger partial charge in [0.15, 0.2) is 0 Å². The molecule has 0 aromatic rings. The van der Waals surface area contributed by atoms with Crippen LogP contribution in [0.2, 0.25) is 0 Å². The molecule has 0 heterocycles. The van der Waals surface area contributed by atoms with Crippen molar-refractivity contribution in [3.63, 3.8) is 0 Å². The van der Waals surface area contributed by atoms with Crippen LogP contribution >= 0.6 is 15.2 Å². The molecule has 0 fully saturated rings. The second-order valence-electron chi connectivity index (χ2n) is 3.89. The molecule has 0 aliphatic carbocycles. The summed E-state index contributed by atoms with van der Waals surface area (Å²) in [6.45, 7) is 0.669. The molecule has 0 saturated carbocycles. The monoisotopic (exact) mass is 316 g/mol. The fraction of sp³-hybridized carbons (Fsp3) is 0.875. The molecule has 0 spiro atoms. The van der Waals surface area contributed by atoms with Gasteiger partial charge >= 0.3 is 0 Å². The number of carbonyl (C=O) groups excluding carboxylic acids is 1. The van der Waals surface area contributed by atoms with Gasteiger partial charge in [-0.15, -0.1) is 0 Å². The number of ether oxygens (including phenoxy) is 1. The van der Waals surface area contributed by atoms with E-state index in [0.29, 0.717) is 0 Å². The smallest absolute Gasteiger partial charge is 0.0871 e. The van der Waals surface area contributed by atoms with Gasteiger partial charge in [-0.1, -0.05) is 6.92 Å². The topological polar surface area (TPSA) is 162 Å². The van der Waals surface area contributed by atoms with Crippen molar-refractivity contribution in [2.75, 3.05) is 25.7 Å². The highest BCUT2D eigenvalue weighted by molar-refractivity contribution is 7.56. The molecule has 0 aliphatic rings. The van der Waals surface area contributed by atoms with Crippen LogP contribution in [0.4, 0.5) is 0 Å². The van der Waals surface area contributed by atoms with Crippen LogP contribution in [-0.2, 0) is 23.2 Å². The largest absolute Gasteiger partial charge is 0.798 e. The first-order valence-electron chi connectivity index (χ1n) is 5.28. The van der Waals surface area contributed by atoms with Gasteiger partial charge in [-0.25, -0.2) is 0 Å². The van der Waals surface area contributed by atoms with Gasteiger partial charge in [0.1, 0.15) is 0 Å². The fourth-order valence-corrected chi connectivity index (χ4v) is 2.93. The summed E-state index contributed by atoms with van der Waals surface area (Å²) in [5, 5.41) is 10.4. The SMILES string of the molecule is CC(CP(=O)([O-])COCCCOP(=O)([O-])[O-])C(=O)[O-]. The predicted octanol–water partition coefficient (Wildman–Crippen LogP) is -2.78. The number of carboxylic acid groups (broad SMARTS) is 1. The normalized spacial score (nSPS) is 16.8. The van der Waals surface area contributed by atoms with E-state index in [9.17, 15) is 33.7 Å². The number of phosphoric acid groups is 1. The lowest BCUT2D eigenvalue weighted by Crippen LogP contribution is -2.33. The zero-order valence-corrected chi connectivity index (χ0v) is 12.0. The van der Waals surface area contributed by atoms with E-state index in [0.717, 1.165) is 0 Å². The highest BCUT2D eigenvalue weighted by Gasteiger charge is 2.14. The predicted molar refractivity (Wildman–Crippen MR) is 55.6 cm³/mol. The Morgan fingerprint density at radius 1 is 1.21 bits per heavy atom. The molecule has 0 aromatic heterocycles. The Balaban J connectivity index is 3.79. The molecule has 0 saturated heterocycles. The second kappa shape index (κ2) is 8.11. The number of aliphatic carboxylic acids is 1. The van der Waals surface area contributed by atoms with Gasteiger partial charge in [0.05, 0.1) is 20.8 Å². The molecule has 0 aliphatic heterocycles. The third-order valence-corrected chi connectivity index (χ3v) is 4.10. The quantitative estimate of drug-likeness (QED) is 0.306. The van der Waals surface area contributed by atoms with Crippen molar-refractivity contribution in [1.29, 1.82) is 0 Å². The molecular formula is C8H14O9P2-4. The maximum atomic E-state index is 11.4. The Hall–Kier alpha value is -0.270. The lowest BCUT2D eigenvalue weighted by molar-refractivity contribution is -0.341. The first-order chi connectivity index (χ1) is 8.53. The van der Waals surface area contributed by atoms with Crippen molar-refractivity contribution in [2.24, 2.45) is 5.92 Å². The summed E-state index contributed by atoms with van der Waals surface area (Å²) in [6.07, 6.45) is -1.23. The summed E-state index contributed by atoms with van der Waals surface area (Å²) < 4.78 is 30.1. The van der Waals surface area contributed by atoms with E-state index >= 15 is 0 Å². The van der Waals surface area contributed by atoms with Gasteiger partial charge in [0.25, 0.3) is 0 Å². The maximum Gasteiger partial charge on any atom is 0.0871 e. The number of rotatable bonds is 10. The van der Waals surface area contributed by atoms with Crippen LogP contribution in [0.3, 0.4) is 0 Å². The molecule has 19 heavy (non-hydrogen) atoms. The molecule has 11 heteroatoms. The van der Waals surface area contributed by atoms with Crippen molar-refractivity contribution < 1.29 is 43.0 Å². The second-order valence-corrected chi connectivity index (χ2v) is 7.29. The molecular weight excluding hydrogens is 302 g/mol. The zero-order chi connectivity index (χ0) is 15.1. The molecule has 2 atom stereocenters. The molecule has 0 amide bonds. The first kappa shape index (κ1) is 18.7. The Bertz CT molecular complexity index is 376. The van der Waals surface area contributed by atoms with Crippen LogP contribution in [0.25, 0.3) is 0 Å². The molecule has 114 valence electrons. The molecule has 0 N–H and O–H groups in total. The zero-order valence-electron chi connectivity index (χ0n) is 10.2. The molecule has 0 bridgehead atoms. The molecule has 0 aromatic carbocycles. The summed E-state index contributed by atoms with van der Waals surface area (Å²) in [5.41, 5.74) is 0. The standard InChI is InChI=1S/C8H18O9P2/c1-7(8(9)10)5-18(11,12)6-16-3-2-4-17-19(13,14)15/h7H,2-6H2,1H3,(H,9,10)(H,11,12)(H2,13,14,15)/p-4. The number of phosphoric ester groups is 1. The Kier molecular flexibility index (Phi) is 8.00. The third kappa shape index (κ3) is 11.3. The van der Waals surface area contributed by atoms with Crippen LogP contribution in [0.5, 0.6) is 0 Å². The van der Waals surface area contributed by atoms with Gasteiger partial charge in [0.2, 0.25) is 0 Å². The van der Waals surface area contributed by atoms with Crippen molar-refractivity contribution >= 4 is 21.2 Å². The Morgan fingerprint density at radius 3 is 2.26 bits per heavy atom. The van der Waals surface area contributed by atoms with Crippen LogP contribution in [-0.4, -0.2) is 31.7 Å². The Labute approximate surface area is 110 Å². The lowest BCUT2D eigenvalue weighted by Gasteiger charge is -2.29. The minimum Gasteiger partial charge on any atom is -0.798 e. The van der Waals surface area contributed by atoms with E-state index in [1.54, 1.807) is 0 Å². The highest BCUT2D eigenvalue weighted by atomic mass is 31.2. The van der Waals surface area contributed by atoms with Crippen molar-refractivity contribution in [3.05, 3.63) is 0 Å². The minimum absolute atomic E-state index is 0.0184. The summed E-state index contributed by atoms with van der Waals surface area (Å²) in [5.74, 6) is -2.60. The van der Waals surface area contributed by atoms with Crippen LogP contribution in [0, 0.1) is 5.92 Å². The fourth-order valence-electron chi connectivity index (χ4n) is 1.09. The lowest BCUT2D eigenvalue weighted by atomic mass is 10.2. The van der Waals surface area contributed by atoms with Gasteiger partial charge in [-0.3, -0.25) is 0 Å². The number of hydrogen-bond donors (Lipinski definition) is 0. The number of hydrogen-bond acceptors (Lipinski definition) is 9. The minimum atomic E-state index is -5.02. The summed E-state index contributed by atoms with van der Waals surface area (Å²) >= 11 is 0. The van der Waals surface area contributed by atoms with Crippen molar-refractivity contribution in [3.8, 4) is 0 Å². The highest BCUT2D eigenvalue weighted by Crippen LogP contribution is 2.37. The summed E-state index contributed by atoms with van der Waals surface area (Å²) in [6, 6.07) is 0. The van der Waals surface area contributed by atoms with E-state index in [4.69, 9.17) is 4.74 Å². The molecule has 2 unspecified atom stereocenters. The Morgan fingerprint density at radius 2 is 1.79 bits per heavy atom. The van der Waals surface area contributed by atoms with E-state index < -0.39 is 46.2 Å². The van der Waals surface area contributed by atoms with Crippen LogP contribution in [0.1, 0.15) is 13.3 Å². The van der Waals surface area contributed by atoms with Crippen molar-refractivity contribution in [2.45, 2.75) is 13.3 Å². The molecule has 0 radical (unpaired) electrons. The first-order valence-corrected chi connectivity index (χ1v) is 8.73. The van der Waals surface area contributed by atoms with Gasteiger partial charge in [-0.05, 0) is 12.6 Å². The van der Waals surface area contributed by atoms with E-state index in [2.05, 4.69) is 4.52 Å². The number of carbonyl (C=O) groups is 1. The van der Waals surface area contributed by atoms with Crippen LogP contribution in [0.15, 0.2) is 0 Å². The van der Waals surface area contributed by atoms with Crippen LogP contribution < -0.4 is 19.8 Å². The van der Waals surface area contributed by atoms with Gasteiger partial charge < -0.3 is 43.0 Å². The number of carboxylic acids is 1. The molecule has 0 rings (SSSR count). The maximum absolute atomic E-state index is 11.4.